The van der Waals surface area contributed by atoms with Crippen LogP contribution in [0.5, 0.6) is 5.75 Å². The maximum atomic E-state index is 12.7. The Morgan fingerprint density at radius 1 is 1.31 bits per heavy atom. The number of carbonyl (C=O) groups is 1. The third kappa shape index (κ3) is 5.68. The van der Waals surface area contributed by atoms with E-state index in [0.717, 1.165) is 12.0 Å². The number of carbonyl (C=O) groups excluding carboxylic acids is 1. The van der Waals surface area contributed by atoms with Gasteiger partial charge < -0.3 is 15.0 Å². The molecule has 29 heavy (non-hydrogen) atoms. The quantitative estimate of drug-likeness (QED) is 0.778. The van der Waals surface area contributed by atoms with Crippen LogP contribution in [0.1, 0.15) is 18.4 Å². The molecule has 0 bridgehead atoms. The van der Waals surface area contributed by atoms with Crippen molar-refractivity contribution in [1.82, 2.24) is 14.2 Å². The Labute approximate surface area is 171 Å². The predicted octanol–water partition coefficient (Wildman–Crippen LogP) is 2.55. The number of nitrogens with one attached hydrogen (secondary N) is 1. The van der Waals surface area contributed by atoms with Gasteiger partial charge in [0.25, 0.3) is 0 Å². The maximum Gasteiger partial charge on any atom is 0.321 e. The zero-order valence-electron chi connectivity index (χ0n) is 16.6. The number of anilines is 1. The first-order valence-corrected chi connectivity index (χ1v) is 11.3. The van der Waals surface area contributed by atoms with E-state index in [1.165, 1.54) is 10.6 Å². The Hall–Kier alpha value is -2.65. The van der Waals surface area contributed by atoms with Gasteiger partial charge in [-0.1, -0.05) is 6.07 Å². The van der Waals surface area contributed by atoms with Gasteiger partial charge in [0.15, 0.2) is 0 Å². The molecule has 2 aromatic rings. The summed E-state index contributed by atoms with van der Waals surface area (Å²) in [6.45, 7) is 1.17. The van der Waals surface area contributed by atoms with Crippen LogP contribution in [0.4, 0.5) is 10.5 Å². The minimum absolute atomic E-state index is 0.241. The smallest absolute Gasteiger partial charge is 0.321 e. The van der Waals surface area contributed by atoms with Crippen LogP contribution in [-0.2, 0) is 16.6 Å². The molecule has 2 amide bonds. The van der Waals surface area contributed by atoms with E-state index in [0.29, 0.717) is 30.9 Å². The molecule has 1 atom stereocenters. The number of nitrogens with zero attached hydrogens (tertiary/aromatic N) is 3. The maximum absolute atomic E-state index is 12.7. The first-order chi connectivity index (χ1) is 13.9. The van der Waals surface area contributed by atoms with Crippen LogP contribution in [0.3, 0.4) is 0 Å². The number of urea groups is 1. The lowest BCUT2D eigenvalue weighted by atomic mass is 10.1. The fourth-order valence-electron chi connectivity index (χ4n) is 3.44. The first kappa shape index (κ1) is 21.1. The van der Waals surface area contributed by atoms with E-state index in [4.69, 9.17) is 4.74 Å². The third-order valence-corrected chi connectivity index (χ3v) is 6.20. The molecule has 0 radical (unpaired) electrons. The number of benzene rings is 1. The van der Waals surface area contributed by atoms with Gasteiger partial charge in [0.1, 0.15) is 5.75 Å². The van der Waals surface area contributed by atoms with Crippen molar-refractivity contribution in [2.45, 2.75) is 25.4 Å². The van der Waals surface area contributed by atoms with Crippen molar-refractivity contribution in [1.29, 1.82) is 0 Å². The van der Waals surface area contributed by atoms with E-state index in [1.807, 2.05) is 6.07 Å². The molecule has 1 N–H and O–H groups in total. The van der Waals surface area contributed by atoms with Gasteiger partial charge in [-0.2, -0.15) is 4.31 Å². The number of rotatable bonds is 6. The molecule has 0 spiro atoms. The van der Waals surface area contributed by atoms with Gasteiger partial charge in [0.05, 0.1) is 13.4 Å². The van der Waals surface area contributed by atoms with E-state index < -0.39 is 10.0 Å². The monoisotopic (exact) mass is 418 g/mol. The summed E-state index contributed by atoms with van der Waals surface area (Å²) in [6.07, 6.45) is 5.97. The number of hydrogen-bond acceptors (Lipinski definition) is 5. The number of sulfonamides is 1. The Morgan fingerprint density at radius 3 is 2.69 bits per heavy atom. The molecule has 1 saturated heterocycles. The molecule has 1 fully saturated rings. The molecular formula is C20H26N4O4S. The van der Waals surface area contributed by atoms with Crippen molar-refractivity contribution in [3.05, 3.63) is 54.4 Å². The lowest BCUT2D eigenvalue weighted by Crippen LogP contribution is -2.52. The van der Waals surface area contributed by atoms with Gasteiger partial charge >= 0.3 is 6.03 Å². The van der Waals surface area contributed by atoms with Crippen molar-refractivity contribution in [2.75, 3.05) is 31.8 Å². The number of aromatic nitrogens is 1. The second-order valence-electron chi connectivity index (χ2n) is 7.07. The number of pyridine rings is 1. The summed E-state index contributed by atoms with van der Waals surface area (Å²) < 4.78 is 31.5. The van der Waals surface area contributed by atoms with Crippen molar-refractivity contribution in [3.63, 3.8) is 0 Å². The highest BCUT2D eigenvalue weighted by atomic mass is 32.2. The fourth-order valence-corrected chi connectivity index (χ4v) is 4.54. The van der Waals surface area contributed by atoms with Crippen molar-refractivity contribution >= 4 is 21.7 Å². The van der Waals surface area contributed by atoms with E-state index in [-0.39, 0.29) is 18.6 Å². The SMILES string of the molecule is COc1ccc(NC(=O)N2CCCC(N(Cc3cccnc3)S(C)(=O)=O)C2)cc1. The number of piperidine rings is 1. The van der Waals surface area contributed by atoms with Crippen molar-refractivity contribution < 1.29 is 17.9 Å². The molecule has 1 aromatic heterocycles. The van der Waals surface area contributed by atoms with Crippen LogP contribution in [0.15, 0.2) is 48.8 Å². The number of ether oxygens (including phenoxy) is 1. The number of likely N-dealkylation sites (tertiary alicyclic amines) is 1. The summed E-state index contributed by atoms with van der Waals surface area (Å²) in [5.41, 5.74) is 1.48. The minimum Gasteiger partial charge on any atom is -0.497 e. The lowest BCUT2D eigenvalue weighted by molar-refractivity contribution is 0.157. The molecule has 8 nitrogen and oxygen atoms in total. The van der Waals surface area contributed by atoms with Gasteiger partial charge in [-0.25, -0.2) is 13.2 Å². The molecule has 0 saturated carbocycles. The first-order valence-electron chi connectivity index (χ1n) is 9.42. The van der Waals surface area contributed by atoms with Crippen LogP contribution in [-0.4, -0.2) is 61.1 Å². The zero-order valence-corrected chi connectivity index (χ0v) is 17.4. The van der Waals surface area contributed by atoms with Crippen LogP contribution in [0.2, 0.25) is 0 Å². The van der Waals surface area contributed by atoms with Crippen LogP contribution >= 0.6 is 0 Å². The molecule has 1 aromatic carbocycles. The standard InChI is InChI=1S/C20H26N4O4S/c1-28-19-9-7-17(8-10-19)22-20(25)23-12-4-6-18(15-23)24(29(2,26)27)14-16-5-3-11-21-13-16/h3,5,7-11,13,18H,4,6,12,14-15H2,1-2H3,(H,22,25). The largest absolute Gasteiger partial charge is 0.497 e. The summed E-state index contributed by atoms with van der Waals surface area (Å²) in [6, 6.07) is 10.2. The predicted molar refractivity (Wildman–Crippen MR) is 111 cm³/mol. The molecule has 1 aliphatic heterocycles. The minimum atomic E-state index is -3.45. The molecule has 3 rings (SSSR count). The Morgan fingerprint density at radius 2 is 2.07 bits per heavy atom. The average molecular weight is 419 g/mol. The summed E-state index contributed by atoms with van der Waals surface area (Å²) in [4.78, 5) is 18.4. The summed E-state index contributed by atoms with van der Waals surface area (Å²) >= 11 is 0. The highest BCUT2D eigenvalue weighted by Crippen LogP contribution is 2.22. The number of amides is 2. The molecule has 1 aliphatic rings. The second-order valence-corrected chi connectivity index (χ2v) is 9.01. The van der Waals surface area contributed by atoms with Gasteiger partial charge in [0, 0.05) is 43.8 Å². The molecule has 2 heterocycles. The molecule has 9 heteroatoms. The van der Waals surface area contributed by atoms with Crippen molar-refractivity contribution in [3.8, 4) is 5.75 Å². The Balaban J connectivity index is 1.69. The highest BCUT2D eigenvalue weighted by molar-refractivity contribution is 7.88. The zero-order chi connectivity index (χ0) is 20.9. The van der Waals surface area contributed by atoms with Gasteiger partial charge in [-0.3, -0.25) is 4.98 Å². The molecular weight excluding hydrogens is 392 g/mol. The summed E-state index contributed by atoms with van der Waals surface area (Å²) in [5, 5.41) is 2.86. The van der Waals surface area contributed by atoms with E-state index in [1.54, 1.807) is 54.7 Å². The average Bonchev–Trinajstić information content (AvgIpc) is 2.72. The third-order valence-electron chi connectivity index (χ3n) is 4.92. The topological polar surface area (TPSA) is 91.8 Å². The number of hydrogen-bond donors (Lipinski definition) is 1. The van der Waals surface area contributed by atoms with Gasteiger partial charge in [0.2, 0.25) is 10.0 Å². The van der Waals surface area contributed by atoms with Gasteiger partial charge in [-0.15, -0.1) is 0 Å². The second kappa shape index (κ2) is 9.23. The molecule has 156 valence electrons. The van der Waals surface area contributed by atoms with E-state index in [2.05, 4.69) is 10.3 Å². The summed E-state index contributed by atoms with van der Waals surface area (Å²) in [7, 11) is -1.86. The molecule has 1 unspecified atom stereocenters. The van der Waals surface area contributed by atoms with Crippen LogP contribution < -0.4 is 10.1 Å². The van der Waals surface area contributed by atoms with E-state index in [9.17, 15) is 13.2 Å². The molecule has 0 aliphatic carbocycles. The van der Waals surface area contributed by atoms with Crippen LogP contribution in [0, 0.1) is 0 Å². The normalized spacial score (nSPS) is 17.2. The highest BCUT2D eigenvalue weighted by Gasteiger charge is 2.32. The Bertz CT molecular complexity index is 919. The van der Waals surface area contributed by atoms with Crippen LogP contribution in [0.25, 0.3) is 0 Å². The summed E-state index contributed by atoms with van der Waals surface area (Å²) in [5.74, 6) is 0.709. The van der Waals surface area contributed by atoms with Crippen molar-refractivity contribution in [2.24, 2.45) is 0 Å². The van der Waals surface area contributed by atoms with E-state index >= 15 is 0 Å². The lowest BCUT2D eigenvalue weighted by Gasteiger charge is -2.38. The van der Waals surface area contributed by atoms with Gasteiger partial charge in [-0.05, 0) is 48.7 Å². The fraction of sp³-hybridized carbons (Fsp3) is 0.400. The Kier molecular flexibility index (Phi) is 6.71. The number of methoxy groups -OCH3 is 1.